The molecule has 0 bridgehead atoms. The standard InChI is InChI=1S/C17H22N2O2/c1-4-21-16-7-5-6-14(17(16)20-3)10-19-12-15-11-18-9-8-13(15)2/h5-9,11,19H,4,10,12H2,1-3H3. The van der Waals surface area contributed by atoms with Gasteiger partial charge in [-0.1, -0.05) is 12.1 Å². The fraction of sp³-hybridized carbons (Fsp3) is 0.353. The lowest BCUT2D eigenvalue weighted by Gasteiger charge is -2.14. The molecule has 0 aliphatic carbocycles. The average Bonchev–Trinajstić information content (AvgIpc) is 2.50. The molecule has 1 aromatic carbocycles. The molecule has 0 amide bonds. The number of methoxy groups -OCH3 is 1. The maximum absolute atomic E-state index is 5.59. The smallest absolute Gasteiger partial charge is 0.165 e. The Morgan fingerprint density at radius 2 is 1.95 bits per heavy atom. The molecule has 4 nitrogen and oxygen atoms in total. The summed E-state index contributed by atoms with van der Waals surface area (Å²) < 4.78 is 11.1. The van der Waals surface area contributed by atoms with Crippen molar-refractivity contribution in [2.24, 2.45) is 0 Å². The Hall–Kier alpha value is -2.07. The van der Waals surface area contributed by atoms with E-state index in [1.165, 1.54) is 11.1 Å². The molecular formula is C17H22N2O2. The van der Waals surface area contributed by atoms with Crippen LogP contribution in [0.1, 0.15) is 23.6 Å². The molecule has 1 heterocycles. The van der Waals surface area contributed by atoms with Gasteiger partial charge in [-0.25, -0.2) is 0 Å². The van der Waals surface area contributed by atoms with Gasteiger partial charge in [0.05, 0.1) is 13.7 Å². The number of benzene rings is 1. The molecule has 0 unspecified atom stereocenters. The number of hydrogen-bond donors (Lipinski definition) is 1. The van der Waals surface area contributed by atoms with Crippen molar-refractivity contribution in [1.82, 2.24) is 10.3 Å². The van der Waals surface area contributed by atoms with Crippen LogP contribution in [0, 0.1) is 6.92 Å². The molecule has 0 saturated carbocycles. The van der Waals surface area contributed by atoms with Gasteiger partial charge < -0.3 is 14.8 Å². The fourth-order valence-corrected chi connectivity index (χ4v) is 2.21. The Labute approximate surface area is 126 Å². The summed E-state index contributed by atoms with van der Waals surface area (Å²) in [5.41, 5.74) is 3.54. The molecule has 2 aromatic rings. The fourth-order valence-electron chi connectivity index (χ4n) is 2.21. The monoisotopic (exact) mass is 286 g/mol. The molecule has 0 saturated heterocycles. The van der Waals surface area contributed by atoms with Gasteiger partial charge in [-0.15, -0.1) is 0 Å². The van der Waals surface area contributed by atoms with Gasteiger partial charge in [-0.05, 0) is 37.1 Å². The Morgan fingerprint density at radius 1 is 1.14 bits per heavy atom. The van der Waals surface area contributed by atoms with E-state index in [4.69, 9.17) is 9.47 Å². The first-order chi connectivity index (χ1) is 10.3. The van der Waals surface area contributed by atoms with Crippen molar-refractivity contribution in [3.63, 3.8) is 0 Å². The maximum atomic E-state index is 5.59. The normalized spacial score (nSPS) is 10.4. The summed E-state index contributed by atoms with van der Waals surface area (Å²) >= 11 is 0. The molecule has 21 heavy (non-hydrogen) atoms. The number of hydrogen-bond acceptors (Lipinski definition) is 4. The summed E-state index contributed by atoms with van der Waals surface area (Å²) in [7, 11) is 1.67. The van der Waals surface area contributed by atoms with Crippen LogP contribution in [0.3, 0.4) is 0 Å². The summed E-state index contributed by atoms with van der Waals surface area (Å²) in [6, 6.07) is 7.98. The lowest BCUT2D eigenvalue weighted by molar-refractivity contribution is 0.308. The van der Waals surface area contributed by atoms with Crippen molar-refractivity contribution >= 4 is 0 Å². The highest BCUT2D eigenvalue weighted by atomic mass is 16.5. The highest BCUT2D eigenvalue weighted by Gasteiger charge is 2.09. The van der Waals surface area contributed by atoms with Gasteiger partial charge in [0.15, 0.2) is 11.5 Å². The predicted molar refractivity (Wildman–Crippen MR) is 83.7 cm³/mol. The molecule has 4 heteroatoms. The van der Waals surface area contributed by atoms with E-state index >= 15 is 0 Å². The zero-order valence-electron chi connectivity index (χ0n) is 12.8. The van der Waals surface area contributed by atoms with Gasteiger partial charge in [0.25, 0.3) is 0 Å². The van der Waals surface area contributed by atoms with Crippen LogP contribution in [0.25, 0.3) is 0 Å². The van der Waals surface area contributed by atoms with Gasteiger partial charge in [-0.3, -0.25) is 4.98 Å². The lowest BCUT2D eigenvalue weighted by Crippen LogP contribution is -2.14. The van der Waals surface area contributed by atoms with Crippen LogP contribution in [0.5, 0.6) is 11.5 Å². The van der Waals surface area contributed by atoms with Crippen molar-refractivity contribution < 1.29 is 9.47 Å². The quantitative estimate of drug-likeness (QED) is 0.849. The minimum absolute atomic E-state index is 0.627. The Morgan fingerprint density at radius 3 is 2.67 bits per heavy atom. The minimum atomic E-state index is 0.627. The topological polar surface area (TPSA) is 43.4 Å². The number of nitrogens with one attached hydrogen (secondary N) is 1. The van der Waals surface area contributed by atoms with Crippen molar-refractivity contribution in [3.8, 4) is 11.5 Å². The van der Waals surface area contributed by atoms with E-state index in [0.717, 1.165) is 30.2 Å². The molecule has 0 spiro atoms. The van der Waals surface area contributed by atoms with E-state index in [-0.39, 0.29) is 0 Å². The van der Waals surface area contributed by atoms with Crippen LogP contribution in [0.2, 0.25) is 0 Å². The van der Waals surface area contributed by atoms with Gasteiger partial charge >= 0.3 is 0 Å². The predicted octanol–water partition coefficient (Wildman–Crippen LogP) is 3.09. The van der Waals surface area contributed by atoms with Crippen molar-refractivity contribution in [3.05, 3.63) is 53.3 Å². The third-order valence-corrected chi connectivity index (χ3v) is 3.34. The molecule has 2 rings (SSSR count). The highest BCUT2D eigenvalue weighted by Crippen LogP contribution is 2.30. The minimum Gasteiger partial charge on any atom is -0.493 e. The van der Waals surface area contributed by atoms with Gasteiger partial charge in [0.2, 0.25) is 0 Å². The molecule has 0 aliphatic heterocycles. The van der Waals surface area contributed by atoms with Gasteiger partial charge in [0.1, 0.15) is 0 Å². The average molecular weight is 286 g/mol. The molecule has 0 radical (unpaired) electrons. The molecular weight excluding hydrogens is 264 g/mol. The van der Waals surface area contributed by atoms with E-state index in [0.29, 0.717) is 6.61 Å². The van der Waals surface area contributed by atoms with Crippen LogP contribution in [-0.4, -0.2) is 18.7 Å². The second-order valence-corrected chi connectivity index (χ2v) is 4.79. The van der Waals surface area contributed by atoms with Crippen LogP contribution in [0.4, 0.5) is 0 Å². The Bertz CT molecular complexity index is 585. The number of rotatable bonds is 7. The molecule has 0 atom stereocenters. The van der Waals surface area contributed by atoms with Gasteiger partial charge in [0, 0.05) is 31.0 Å². The summed E-state index contributed by atoms with van der Waals surface area (Å²) in [5.74, 6) is 1.59. The summed E-state index contributed by atoms with van der Waals surface area (Å²) in [4.78, 5) is 4.16. The second kappa shape index (κ2) is 7.64. The second-order valence-electron chi connectivity index (χ2n) is 4.79. The summed E-state index contributed by atoms with van der Waals surface area (Å²) in [5, 5.41) is 3.43. The number of nitrogens with zero attached hydrogens (tertiary/aromatic N) is 1. The Kier molecular flexibility index (Phi) is 5.58. The van der Waals surface area contributed by atoms with Crippen molar-refractivity contribution in [1.29, 1.82) is 0 Å². The number of aryl methyl sites for hydroxylation is 1. The van der Waals surface area contributed by atoms with Crippen molar-refractivity contribution in [2.45, 2.75) is 26.9 Å². The number of ether oxygens (including phenoxy) is 2. The lowest BCUT2D eigenvalue weighted by atomic mass is 10.1. The third kappa shape index (κ3) is 3.95. The zero-order chi connectivity index (χ0) is 15.1. The van der Waals surface area contributed by atoms with Crippen LogP contribution < -0.4 is 14.8 Å². The van der Waals surface area contributed by atoms with Crippen LogP contribution >= 0.6 is 0 Å². The van der Waals surface area contributed by atoms with E-state index in [9.17, 15) is 0 Å². The van der Waals surface area contributed by atoms with Crippen LogP contribution in [-0.2, 0) is 13.1 Å². The summed E-state index contributed by atoms with van der Waals surface area (Å²) in [6.45, 7) is 6.19. The first-order valence-corrected chi connectivity index (χ1v) is 7.15. The van der Waals surface area contributed by atoms with Gasteiger partial charge in [-0.2, -0.15) is 0 Å². The van der Waals surface area contributed by atoms with E-state index in [2.05, 4.69) is 17.2 Å². The number of para-hydroxylation sites is 1. The summed E-state index contributed by atoms with van der Waals surface area (Å²) in [6.07, 6.45) is 3.71. The molecule has 1 N–H and O–H groups in total. The van der Waals surface area contributed by atoms with E-state index in [1.807, 2.05) is 43.6 Å². The first-order valence-electron chi connectivity index (χ1n) is 7.15. The molecule has 112 valence electrons. The number of pyridine rings is 1. The maximum Gasteiger partial charge on any atom is 0.165 e. The van der Waals surface area contributed by atoms with E-state index in [1.54, 1.807) is 7.11 Å². The first kappa shape index (κ1) is 15.3. The van der Waals surface area contributed by atoms with Crippen LogP contribution in [0.15, 0.2) is 36.7 Å². The number of aromatic nitrogens is 1. The highest BCUT2D eigenvalue weighted by molar-refractivity contribution is 5.46. The Balaban J connectivity index is 2.03. The SMILES string of the molecule is CCOc1cccc(CNCc2cnccc2C)c1OC. The zero-order valence-corrected chi connectivity index (χ0v) is 12.8. The third-order valence-electron chi connectivity index (χ3n) is 3.34. The largest absolute Gasteiger partial charge is 0.493 e. The molecule has 1 aromatic heterocycles. The molecule has 0 fully saturated rings. The van der Waals surface area contributed by atoms with Crippen molar-refractivity contribution in [2.75, 3.05) is 13.7 Å². The van der Waals surface area contributed by atoms with E-state index < -0.39 is 0 Å². The molecule has 0 aliphatic rings.